The van der Waals surface area contributed by atoms with E-state index in [0.717, 1.165) is 11.1 Å². The van der Waals surface area contributed by atoms with E-state index < -0.39 is 0 Å². The number of hydrogen-bond acceptors (Lipinski definition) is 3. The number of carbonyl (C=O) groups excluding carboxylic acids is 1. The number of benzene rings is 2. The van der Waals surface area contributed by atoms with E-state index in [9.17, 15) is 4.79 Å². The van der Waals surface area contributed by atoms with Gasteiger partial charge in [0.2, 0.25) is 5.89 Å². The van der Waals surface area contributed by atoms with Gasteiger partial charge in [0.15, 0.2) is 5.78 Å². The Morgan fingerprint density at radius 3 is 2.32 bits per heavy atom. The van der Waals surface area contributed by atoms with Crippen molar-refractivity contribution < 1.29 is 9.21 Å². The average molecular weight is 289 g/mol. The monoisotopic (exact) mass is 289 g/mol. The molecule has 2 aromatic carbocycles. The van der Waals surface area contributed by atoms with Gasteiger partial charge in [-0.25, -0.2) is 4.98 Å². The molecule has 22 heavy (non-hydrogen) atoms. The maximum atomic E-state index is 12.3. The molecule has 0 aliphatic carbocycles. The number of allylic oxidation sites excluding steroid dienone is 1. The fraction of sp³-hybridized carbons (Fsp3) is 0.0526. The lowest BCUT2D eigenvalue weighted by Gasteiger charge is -2.03. The van der Waals surface area contributed by atoms with Crippen molar-refractivity contribution >= 4 is 11.4 Å². The number of ketones is 1. The zero-order valence-electron chi connectivity index (χ0n) is 12.0. The maximum absolute atomic E-state index is 12.3. The summed E-state index contributed by atoms with van der Waals surface area (Å²) in [5.41, 5.74) is 2.21. The van der Waals surface area contributed by atoms with E-state index in [0.29, 0.717) is 17.2 Å². The molecule has 0 aliphatic heterocycles. The summed E-state index contributed by atoms with van der Waals surface area (Å²) < 4.78 is 5.65. The zero-order valence-corrected chi connectivity index (χ0v) is 12.0. The number of rotatable bonds is 5. The number of aromatic nitrogens is 1. The van der Waals surface area contributed by atoms with Crippen LogP contribution < -0.4 is 0 Å². The minimum absolute atomic E-state index is 0.0676. The van der Waals surface area contributed by atoms with E-state index >= 15 is 0 Å². The van der Waals surface area contributed by atoms with Gasteiger partial charge in [-0.15, -0.1) is 0 Å². The molecule has 0 bridgehead atoms. The van der Waals surface area contributed by atoms with E-state index in [2.05, 4.69) is 11.6 Å². The van der Waals surface area contributed by atoms with E-state index in [1.54, 1.807) is 6.20 Å². The molecule has 0 atom stereocenters. The molecule has 0 amide bonds. The van der Waals surface area contributed by atoms with Gasteiger partial charge < -0.3 is 4.42 Å². The van der Waals surface area contributed by atoms with Crippen molar-refractivity contribution in [1.29, 1.82) is 0 Å². The number of oxazole rings is 1. The van der Waals surface area contributed by atoms with Gasteiger partial charge in [0.1, 0.15) is 5.76 Å². The number of hydrogen-bond donors (Lipinski definition) is 0. The Balaban J connectivity index is 1.73. The Bertz CT molecular complexity index is 789. The van der Waals surface area contributed by atoms with Crippen LogP contribution >= 0.6 is 0 Å². The summed E-state index contributed by atoms with van der Waals surface area (Å²) in [6.07, 6.45) is 1.76. The second-order valence-corrected chi connectivity index (χ2v) is 4.94. The minimum Gasteiger partial charge on any atom is -0.441 e. The third kappa shape index (κ3) is 3.04. The van der Waals surface area contributed by atoms with Crippen molar-refractivity contribution in [3.63, 3.8) is 0 Å². The second-order valence-electron chi connectivity index (χ2n) is 4.94. The van der Waals surface area contributed by atoms with Gasteiger partial charge >= 0.3 is 0 Å². The van der Waals surface area contributed by atoms with Crippen molar-refractivity contribution in [3.8, 4) is 11.5 Å². The smallest absolute Gasteiger partial charge is 0.226 e. The summed E-state index contributed by atoms with van der Waals surface area (Å²) in [6.45, 7) is 3.87. The second kappa shape index (κ2) is 6.22. The maximum Gasteiger partial charge on any atom is 0.226 e. The predicted octanol–water partition coefficient (Wildman–Crippen LogP) is 4.17. The molecular weight excluding hydrogens is 274 g/mol. The molecule has 0 unspecified atom stereocenters. The predicted molar refractivity (Wildman–Crippen MR) is 86.1 cm³/mol. The molecule has 108 valence electrons. The highest BCUT2D eigenvalue weighted by Gasteiger charge is 2.14. The van der Waals surface area contributed by atoms with E-state index in [-0.39, 0.29) is 12.2 Å². The summed E-state index contributed by atoms with van der Waals surface area (Å²) in [6, 6.07) is 19.0. The lowest BCUT2D eigenvalue weighted by atomic mass is 10.0. The van der Waals surface area contributed by atoms with Crippen molar-refractivity contribution in [3.05, 3.63) is 84.8 Å². The molecule has 0 N–H and O–H groups in total. The third-order valence-electron chi connectivity index (χ3n) is 3.37. The van der Waals surface area contributed by atoms with Crippen LogP contribution in [0.15, 0.2) is 77.9 Å². The summed E-state index contributed by atoms with van der Waals surface area (Å²) in [4.78, 5) is 16.5. The molecule has 0 spiro atoms. The van der Waals surface area contributed by atoms with E-state index in [1.165, 1.54) is 0 Å². The Morgan fingerprint density at radius 2 is 1.64 bits per heavy atom. The normalized spacial score (nSPS) is 10.4. The first-order valence-corrected chi connectivity index (χ1v) is 7.01. The van der Waals surface area contributed by atoms with Crippen LogP contribution in [0.1, 0.15) is 11.3 Å². The zero-order chi connectivity index (χ0) is 15.4. The summed E-state index contributed by atoms with van der Waals surface area (Å²) in [5.74, 6) is 0.997. The Kier molecular flexibility index (Phi) is 3.97. The van der Waals surface area contributed by atoms with Crippen LogP contribution in [0.4, 0.5) is 0 Å². The molecule has 0 saturated heterocycles. The highest BCUT2D eigenvalue weighted by Crippen LogP contribution is 2.21. The third-order valence-corrected chi connectivity index (χ3v) is 3.37. The minimum atomic E-state index is -0.0676. The fourth-order valence-electron chi connectivity index (χ4n) is 2.17. The molecule has 3 heteroatoms. The Labute approximate surface area is 128 Å². The topological polar surface area (TPSA) is 43.1 Å². The quantitative estimate of drug-likeness (QED) is 0.662. The lowest BCUT2D eigenvalue weighted by molar-refractivity contribution is -0.113. The van der Waals surface area contributed by atoms with E-state index in [4.69, 9.17) is 4.42 Å². The van der Waals surface area contributed by atoms with Gasteiger partial charge in [-0.1, -0.05) is 55.1 Å². The lowest BCUT2D eigenvalue weighted by Crippen LogP contribution is -2.04. The van der Waals surface area contributed by atoms with Crippen LogP contribution in [-0.2, 0) is 11.2 Å². The van der Waals surface area contributed by atoms with Crippen LogP contribution in [0.2, 0.25) is 0 Å². The van der Waals surface area contributed by atoms with Crippen LogP contribution in [-0.4, -0.2) is 10.8 Å². The van der Waals surface area contributed by atoms with Gasteiger partial charge in [-0.3, -0.25) is 4.79 Å². The molecular formula is C19H15NO2. The molecule has 0 radical (unpaired) electrons. The van der Waals surface area contributed by atoms with Crippen molar-refractivity contribution in [2.75, 3.05) is 0 Å². The van der Waals surface area contributed by atoms with Crippen molar-refractivity contribution in [2.45, 2.75) is 6.42 Å². The van der Waals surface area contributed by atoms with Crippen LogP contribution in [0.3, 0.4) is 0 Å². The average Bonchev–Trinajstić information content (AvgIpc) is 3.04. The first-order valence-electron chi connectivity index (χ1n) is 7.01. The molecule has 0 aliphatic rings. The molecule has 3 nitrogen and oxygen atoms in total. The summed E-state index contributed by atoms with van der Waals surface area (Å²) >= 11 is 0. The molecule has 3 aromatic rings. The Morgan fingerprint density at radius 1 is 1.00 bits per heavy atom. The Hall–Kier alpha value is -2.94. The first-order chi connectivity index (χ1) is 10.7. The van der Waals surface area contributed by atoms with Gasteiger partial charge in [0, 0.05) is 11.1 Å². The number of carbonyl (C=O) groups is 1. The molecule has 0 saturated carbocycles. The molecule has 0 fully saturated rings. The van der Waals surface area contributed by atoms with Gasteiger partial charge in [0.25, 0.3) is 0 Å². The van der Waals surface area contributed by atoms with E-state index in [1.807, 2.05) is 60.7 Å². The largest absolute Gasteiger partial charge is 0.441 e. The van der Waals surface area contributed by atoms with Crippen LogP contribution in [0.25, 0.3) is 17.0 Å². The van der Waals surface area contributed by atoms with Crippen LogP contribution in [0, 0.1) is 0 Å². The standard InChI is InChI=1S/C19H15NO2/c1-14(15-8-4-2-5-9-15)18(21)12-17-13-20-19(22-17)16-10-6-3-7-11-16/h2-11,13H,1,12H2. The molecule has 3 rings (SSSR count). The highest BCUT2D eigenvalue weighted by molar-refractivity contribution is 6.20. The SMILES string of the molecule is C=C(C(=O)Cc1cnc(-c2ccccc2)o1)c1ccccc1. The van der Waals surface area contributed by atoms with Crippen molar-refractivity contribution in [1.82, 2.24) is 4.98 Å². The molecule has 1 aromatic heterocycles. The summed E-state index contributed by atoms with van der Waals surface area (Å²) in [7, 11) is 0. The van der Waals surface area contributed by atoms with Gasteiger partial charge in [-0.2, -0.15) is 0 Å². The summed E-state index contributed by atoms with van der Waals surface area (Å²) in [5, 5.41) is 0. The van der Waals surface area contributed by atoms with Gasteiger partial charge in [0.05, 0.1) is 12.6 Å². The number of Topliss-reactive ketones (excluding diaryl/α,β-unsaturated/α-hetero) is 1. The van der Waals surface area contributed by atoms with Crippen LogP contribution in [0.5, 0.6) is 0 Å². The molecule has 1 heterocycles. The first kappa shape index (κ1) is 14.0. The highest BCUT2D eigenvalue weighted by atomic mass is 16.4. The van der Waals surface area contributed by atoms with Gasteiger partial charge in [-0.05, 0) is 17.7 Å². The fourth-order valence-corrected chi connectivity index (χ4v) is 2.17. The van der Waals surface area contributed by atoms with Crippen molar-refractivity contribution in [2.24, 2.45) is 0 Å². The number of nitrogens with zero attached hydrogens (tertiary/aromatic N) is 1.